The number of carbonyl (C=O) groups is 2. The maximum Gasteiger partial charge on any atom is 0.308 e. The van der Waals surface area contributed by atoms with E-state index in [1.807, 2.05) is 26.8 Å². The molecule has 2 aromatic rings. The Labute approximate surface area is 243 Å². The Morgan fingerprint density at radius 3 is 2.33 bits per heavy atom. The number of carbonyl (C=O) groups excluding carboxylic acids is 1. The van der Waals surface area contributed by atoms with Crippen molar-refractivity contribution < 1.29 is 37.7 Å². The van der Waals surface area contributed by atoms with Crippen molar-refractivity contribution in [2.75, 3.05) is 32.3 Å². The molecule has 1 fully saturated rings. The quantitative estimate of drug-likeness (QED) is 0.403. The molecule has 224 valence electrons. The lowest BCUT2D eigenvalue weighted by Gasteiger charge is -2.34. The van der Waals surface area contributed by atoms with Gasteiger partial charge in [0, 0.05) is 36.2 Å². The van der Waals surface area contributed by atoms with Gasteiger partial charge in [-0.15, -0.1) is 0 Å². The molecule has 0 spiro atoms. The van der Waals surface area contributed by atoms with E-state index in [-0.39, 0.29) is 38.0 Å². The van der Waals surface area contributed by atoms with Crippen molar-refractivity contribution in [2.24, 2.45) is 11.8 Å². The smallest absolute Gasteiger partial charge is 0.308 e. The average molecular weight is 583 g/mol. The minimum atomic E-state index is -1.07. The standard InChI is InChI=1S/C32H36F2N2O6/c1-5-18-10-20(33)11-19(6-2)30(18)35-28(37)15-36-14-24(23-13-27-26(9-17(23)3)41-16-42-27)29(32(38)39)31(36)22-8-7-21(40-4)12-25(22)34/h7,9-13,22,24,29,31H,5-6,8,14-16H2,1-4H3,(H,35,37)(H,38,39)/t22?,24-,29-,31+/m1/s1. The highest BCUT2D eigenvalue weighted by Gasteiger charge is 2.52. The van der Waals surface area contributed by atoms with Gasteiger partial charge in [0.1, 0.15) is 17.4 Å². The zero-order valence-corrected chi connectivity index (χ0v) is 24.2. The number of nitrogens with zero attached hydrogens (tertiary/aromatic N) is 1. The van der Waals surface area contributed by atoms with Crippen molar-refractivity contribution in [1.29, 1.82) is 0 Å². The summed E-state index contributed by atoms with van der Waals surface area (Å²) in [4.78, 5) is 28.3. The number of aliphatic carboxylic acids is 1. The summed E-state index contributed by atoms with van der Waals surface area (Å²) in [5, 5.41) is 13.5. The van der Waals surface area contributed by atoms with E-state index in [1.165, 1.54) is 25.3 Å². The normalized spacial score (nSPS) is 23.4. The summed E-state index contributed by atoms with van der Waals surface area (Å²) in [5.74, 6) is -3.16. The number of halogens is 2. The van der Waals surface area contributed by atoms with Gasteiger partial charge < -0.3 is 24.6 Å². The van der Waals surface area contributed by atoms with Crippen LogP contribution in [0.3, 0.4) is 0 Å². The van der Waals surface area contributed by atoms with E-state index in [2.05, 4.69) is 5.32 Å². The van der Waals surface area contributed by atoms with Gasteiger partial charge in [-0.25, -0.2) is 8.78 Å². The summed E-state index contributed by atoms with van der Waals surface area (Å²) in [6, 6.07) is 5.62. The first-order valence-electron chi connectivity index (χ1n) is 14.2. The molecule has 5 rings (SSSR count). The number of rotatable bonds is 9. The summed E-state index contributed by atoms with van der Waals surface area (Å²) in [5.41, 5.74) is 3.50. The van der Waals surface area contributed by atoms with E-state index in [4.69, 9.17) is 14.2 Å². The van der Waals surface area contributed by atoms with Crippen LogP contribution in [0, 0.1) is 24.6 Å². The van der Waals surface area contributed by atoms with Gasteiger partial charge in [-0.05, 0) is 78.8 Å². The highest BCUT2D eigenvalue weighted by atomic mass is 19.1. The Bertz CT molecular complexity index is 1430. The van der Waals surface area contributed by atoms with Gasteiger partial charge in [0.2, 0.25) is 12.7 Å². The monoisotopic (exact) mass is 582 g/mol. The first kappa shape index (κ1) is 29.6. The summed E-state index contributed by atoms with van der Waals surface area (Å²) >= 11 is 0. The number of hydrogen-bond donors (Lipinski definition) is 2. The van der Waals surface area contributed by atoms with Crippen LogP contribution < -0.4 is 14.8 Å². The highest BCUT2D eigenvalue weighted by molar-refractivity contribution is 5.94. The van der Waals surface area contributed by atoms with Crippen molar-refractivity contribution in [3.8, 4) is 11.5 Å². The second-order valence-corrected chi connectivity index (χ2v) is 11.0. The minimum Gasteiger partial charge on any atom is -0.497 e. The average Bonchev–Trinajstić information content (AvgIpc) is 3.57. The first-order chi connectivity index (χ1) is 20.1. The second-order valence-electron chi connectivity index (χ2n) is 11.0. The van der Waals surface area contributed by atoms with Crippen LogP contribution >= 0.6 is 0 Å². The molecule has 1 unspecified atom stereocenters. The number of ether oxygens (including phenoxy) is 3. The Kier molecular flexibility index (Phi) is 8.54. The van der Waals surface area contributed by atoms with Crippen molar-refractivity contribution >= 4 is 17.6 Å². The van der Waals surface area contributed by atoms with Crippen molar-refractivity contribution in [2.45, 2.75) is 52.0 Å². The number of benzene rings is 2. The number of amides is 1. The molecule has 0 radical (unpaired) electrons. The van der Waals surface area contributed by atoms with Gasteiger partial charge >= 0.3 is 5.97 Å². The van der Waals surface area contributed by atoms with E-state index < -0.39 is 35.6 Å². The fourth-order valence-electron chi connectivity index (χ4n) is 6.61. The molecule has 2 aromatic carbocycles. The molecular weight excluding hydrogens is 546 g/mol. The number of allylic oxidation sites excluding steroid dienone is 2. The summed E-state index contributed by atoms with van der Waals surface area (Å²) < 4.78 is 46.1. The third-order valence-corrected chi connectivity index (χ3v) is 8.59. The number of likely N-dealkylation sites (tertiary alicyclic amines) is 1. The molecule has 3 aliphatic rings. The maximum absolute atomic E-state index is 15.6. The number of carboxylic acids is 1. The fourth-order valence-corrected chi connectivity index (χ4v) is 6.61. The van der Waals surface area contributed by atoms with Gasteiger partial charge in [-0.1, -0.05) is 13.8 Å². The fraction of sp³-hybridized carbons (Fsp3) is 0.438. The Morgan fingerprint density at radius 2 is 1.74 bits per heavy atom. The van der Waals surface area contributed by atoms with E-state index in [0.29, 0.717) is 46.9 Å². The molecule has 0 saturated carbocycles. The van der Waals surface area contributed by atoms with Crippen LogP contribution in [-0.4, -0.2) is 54.9 Å². The molecule has 2 aliphatic heterocycles. The number of carboxylic acid groups (broad SMARTS) is 1. The van der Waals surface area contributed by atoms with Gasteiger partial charge in [0.25, 0.3) is 0 Å². The van der Waals surface area contributed by atoms with Gasteiger partial charge in [-0.3, -0.25) is 14.5 Å². The van der Waals surface area contributed by atoms with E-state index in [1.54, 1.807) is 17.0 Å². The van der Waals surface area contributed by atoms with Crippen LogP contribution in [0.25, 0.3) is 0 Å². The molecular formula is C32H36F2N2O6. The lowest BCUT2D eigenvalue weighted by Crippen LogP contribution is -2.45. The first-order valence-corrected chi connectivity index (χ1v) is 14.2. The molecule has 1 saturated heterocycles. The molecule has 4 atom stereocenters. The molecule has 2 heterocycles. The Hall–Kier alpha value is -3.92. The largest absolute Gasteiger partial charge is 0.497 e. The number of fused-ring (bicyclic) bond motifs is 1. The van der Waals surface area contributed by atoms with Crippen LogP contribution in [0.5, 0.6) is 11.5 Å². The predicted octanol–water partition coefficient (Wildman–Crippen LogP) is 5.50. The van der Waals surface area contributed by atoms with E-state index in [0.717, 1.165) is 11.1 Å². The molecule has 8 nitrogen and oxygen atoms in total. The van der Waals surface area contributed by atoms with Crippen molar-refractivity contribution in [1.82, 2.24) is 4.90 Å². The van der Waals surface area contributed by atoms with Gasteiger partial charge in [0.05, 0.1) is 19.6 Å². The van der Waals surface area contributed by atoms with Crippen LogP contribution in [0.4, 0.5) is 14.5 Å². The van der Waals surface area contributed by atoms with Gasteiger partial charge in [0.15, 0.2) is 11.5 Å². The second kappa shape index (κ2) is 12.1. The van der Waals surface area contributed by atoms with Crippen molar-refractivity contribution in [3.63, 3.8) is 0 Å². The van der Waals surface area contributed by atoms with Crippen LogP contribution in [0.1, 0.15) is 48.4 Å². The number of anilines is 1. The summed E-state index contributed by atoms with van der Waals surface area (Å²) in [7, 11) is 1.45. The van der Waals surface area contributed by atoms with Crippen LogP contribution in [-0.2, 0) is 27.2 Å². The zero-order valence-electron chi connectivity index (χ0n) is 24.2. The maximum atomic E-state index is 15.6. The van der Waals surface area contributed by atoms with E-state index >= 15 is 4.39 Å². The third kappa shape index (κ3) is 5.60. The molecule has 42 heavy (non-hydrogen) atoms. The topological polar surface area (TPSA) is 97.3 Å². The highest BCUT2D eigenvalue weighted by Crippen LogP contribution is 2.47. The van der Waals surface area contributed by atoms with Gasteiger partial charge in [-0.2, -0.15) is 0 Å². The number of aryl methyl sites for hydroxylation is 3. The van der Waals surface area contributed by atoms with Crippen LogP contribution in [0.2, 0.25) is 0 Å². The molecule has 10 heteroatoms. The molecule has 0 bridgehead atoms. The summed E-state index contributed by atoms with van der Waals surface area (Å²) in [6.07, 6.45) is 4.29. The third-order valence-electron chi connectivity index (χ3n) is 8.59. The zero-order chi connectivity index (χ0) is 30.1. The van der Waals surface area contributed by atoms with E-state index in [9.17, 15) is 19.1 Å². The molecule has 1 amide bonds. The number of methoxy groups -OCH3 is 1. The molecule has 2 N–H and O–H groups in total. The number of nitrogens with one attached hydrogen (secondary N) is 1. The molecule has 0 aromatic heterocycles. The minimum absolute atomic E-state index is 0.0787. The lowest BCUT2D eigenvalue weighted by molar-refractivity contribution is -0.143. The predicted molar refractivity (Wildman–Crippen MR) is 153 cm³/mol. The number of hydrogen-bond acceptors (Lipinski definition) is 6. The van der Waals surface area contributed by atoms with Crippen molar-refractivity contribution in [3.05, 3.63) is 76.1 Å². The lowest BCUT2D eigenvalue weighted by atomic mass is 9.77. The SMILES string of the molecule is CCc1cc(F)cc(CC)c1NC(=O)CN1C[C@H](c2cc3c(cc2C)OCO3)[C@@H](C(=O)O)[C@@H]1C1CC=C(OC)C=C1F. The Morgan fingerprint density at radius 1 is 1.07 bits per heavy atom. The summed E-state index contributed by atoms with van der Waals surface area (Å²) in [6.45, 7) is 5.78. The Balaban J connectivity index is 1.51. The van der Waals surface area contributed by atoms with Crippen LogP contribution in [0.15, 0.2) is 48.0 Å². The molecule has 1 aliphatic carbocycles.